The fraction of sp³-hybridized carbons (Fsp3) is 0.905. The topological polar surface area (TPSA) is 45.1 Å². The van der Waals surface area contributed by atoms with E-state index in [1.165, 1.54) is 70.6 Å². The van der Waals surface area contributed by atoms with Crippen LogP contribution in [0.4, 0.5) is 0 Å². The van der Waals surface area contributed by atoms with E-state index in [4.69, 9.17) is 4.84 Å². The van der Waals surface area contributed by atoms with E-state index in [0.717, 1.165) is 12.8 Å². The lowest BCUT2D eigenvalue weighted by atomic mass is 10.0. The summed E-state index contributed by atoms with van der Waals surface area (Å²) in [6, 6.07) is 0. The number of guanidine groups is 1. The first kappa shape index (κ1) is 24.7. The van der Waals surface area contributed by atoms with Crippen LogP contribution in [0, 0.1) is 0 Å². The molecule has 0 heterocycles. The van der Waals surface area contributed by atoms with Gasteiger partial charge in [-0.25, -0.2) is 4.79 Å². The van der Waals surface area contributed by atoms with E-state index in [0.29, 0.717) is 12.4 Å². The van der Waals surface area contributed by atoms with Gasteiger partial charge in [0.25, 0.3) is 0 Å². The van der Waals surface area contributed by atoms with E-state index < -0.39 is 0 Å². The summed E-state index contributed by atoms with van der Waals surface area (Å²) in [5, 5.41) is 3.92. The lowest BCUT2D eigenvalue weighted by Gasteiger charge is -2.21. The lowest BCUT2D eigenvalue weighted by molar-refractivity contribution is -0.144. The molecule has 5 nitrogen and oxygen atoms in total. The third-order valence-electron chi connectivity index (χ3n) is 4.51. The Morgan fingerprint density at radius 3 is 1.46 bits per heavy atom. The molecular formula is C21H43N3O2. The molecule has 0 aliphatic carbocycles. The summed E-state index contributed by atoms with van der Waals surface area (Å²) in [5.41, 5.74) is 0. The van der Waals surface area contributed by atoms with Gasteiger partial charge in [-0.1, -0.05) is 84.0 Å². The van der Waals surface area contributed by atoms with Gasteiger partial charge in [-0.3, -0.25) is 0 Å². The first-order valence-corrected chi connectivity index (χ1v) is 10.6. The first-order valence-electron chi connectivity index (χ1n) is 10.6. The van der Waals surface area contributed by atoms with E-state index >= 15 is 0 Å². The maximum atomic E-state index is 11.7. The molecule has 0 unspecified atom stereocenters. The Hall–Kier alpha value is -1.26. The number of oxime groups is 1. The van der Waals surface area contributed by atoms with Crippen LogP contribution in [-0.2, 0) is 9.63 Å². The zero-order valence-electron chi connectivity index (χ0n) is 18.1. The van der Waals surface area contributed by atoms with Crippen molar-refractivity contribution in [2.24, 2.45) is 5.16 Å². The molecule has 0 radical (unpaired) electrons. The van der Waals surface area contributed by atoms with Crippen LogP contribution in [0.25, 0.3) is 0 Å². The zero-order chi connectivity index (χ0) is 19.6. The molecule has 0 fully saturated rings. The highest BCUT2D eigenvalue weighted by Crippen LogP contribution is 2.13. The van der Waals surface area contributed by atoms with Gasteiger partial charge in [-0.15, -0.1) is 0 Å². The second kappa shape index (κ2) is 17.2. The fourth-order valence-electron chi connectivity index (χ4n) is 2.99. The van der Waals surface area contributed by atoms with E-state index in [1.54, 1.807) is 0 Å². The number of unbranched alkanes of at least 4 members (excludes halogenated alkanes) is 12. The third-order valence-corrected chi connectivity index (χ3v) is 4.51. The second-order valence-corrected chi connectivity index (χ2v) is 7.64. The maximum absolute atomic E-state index is 11.7. The molecule has 0 saturated carbocycles. The molecule has 0 bridgehead atoms. The summed E-state index contributed by atoms with van der Waals surface area (Å²) < 4.78 is 0. The minimum absolute atomic E-state index is 0.241. The average molecular weight is 370 g/mol. The SMILES string of the molecule is CCCCCCCCCCCCCCCC(=O)ON=C(N(C)C)N(C)C. The number of nitrogens with zero attached hydrogens (tertiary/aromatic N) is 3. The molecule has 0 atom stereocenters. The number of rotatable bonds is 15. The Morgan fingerprint density at radius 1 is 0.692 bits per heavy atom. The summed E-state index contributed by atoms with van der Waals surface area (Å²) >= 11 is 0. The van der Waals surface area contributed by atoms with Crippen LogP contribution in [0.15, 0.2) is 5.16 Å². The molecule has 0 N–H and O–H groups in total. The van der Waals surface area contributed by atoms with Gasteiger partial charge in [0.15, 0.2) is 0 Å². The standard InChI is InChI=1S/C21H43N3O2/c1-6-7-8-9-10-11-12-13-14-15-16-17-18-19-20(25)26-22-21(23(2)3)24(4)5/h6-19H2,1-5H3. The van der Waals surface area contributed by atoms with Crippen molar-refractivity contribution < 1.29 is 9.63 Å². The van der Waals surface area contributed by atoms with Crippen LogP contribution >= 0.6 is 0 Å². The first-order chi connectivity index (χ1) is 12.5. The predicted molar refractivity (Wildman–Crippen MR) is 111 cm³/mol. The summed E-state index contributed by atoms with van der Waals surface area (Å²) in [4.78, 5) is 20.4. The molecule has 154 valence electrons. The van der Waals surface area contributed by atoms with Crippen molar-refractivity contribution in [2.75, 3.05) is 28.2 Å². The molecule has 0 aromatic heterocycles. The second-order valence-electron chi connectivity index (χ2n) is 7.64. The van der Waals surface area contributed by atoms with Gasteiger partial charge in [0.2, 0.25) is 5.96 Å². The lowest BCUT2D eigenvalue weighted by Crippen LogP contribution is -2.35. The Labute approximate surface area is 162 Å². The van der Waals surface area contributed by atoms with Crippen LogP contribution in [0.1, 0.15) is 96.8 Å². The van der Waals surface area contributed by atoms with Crippen LogP contribution in [0.2, 0.25) is 0 Å². The fourth-order valence-corrected chi connectivity index (χ4v) is 2.99. The monoisotopic (exact) mass is 369 g/mol. The minimum Gasteiger partial charge on any atom is -0.346 e. The molecule has 0 aromatic rings. The maximum Gasteiger partial charge on any atom is 0.335 e. The van der Waals surface area contributed by atoms with E-state index in [1.807, 2.05) is 38.0 Å². The van der Waals surface area contributed by atoms with Crippen LogP contribution in [-0.4, -0.2) is 49.9 Å². The highest BCUT2D eigenvalue weighted by atomic mass is 16.7. The van der Waals surface area contributed by atoms with Crippen molar-refractivity contribution >= 4 is 11.9 Å². The molecule has 0 aromatic carbocycles. The minimum atomic E-state index is -0.241. The molecule has 5 heteroatoms. The molecule has 0 saturated heterocycles. The van der Waals surface area contributed by atoms with Crippen molar-refractivity contribution in [3.05, 3.63) is 0 Å². The van der Waals surface area contributed by atoms with Gasteiger partial charge in [-0.05, 0) is 11.6 Å². The number of hydrogen-bond donors (Lipinski definition) is 0. The number of carbonyl (C=O) groups excluding carboxylic acids is 1. The highest BCUT2D eigenvalue weighted by Gasteiger charge is 2.08. The van der Waals surface area contributed by atoms with Crippen LogP contribution in [0.5, 0.6) is 0 Å². The predicted octanol–water partition coefficient (Wildman–Crippen LogP) is 5.41. The zero-order valence-corrected chi connectivity index (χ0v) is 18.1. The van der Waals surface area contributed by atoms with Gasteiger partial charge in [0, 0.05) is 34.6 Å². The smallest absolute Gasteiger partial charge is 0.335 e. The molecule has 0 amide bonds. The van der Waals surface area contributed by atoms with Crippen molar-refractivity contribution in [2.45, 2.75) is 96.8 Å². The van der Waals surface area contributed by atoms with Crippen molar-refractivity contribution in [1.82, 2.24) is 9.80 Å². The van der Waals surface area contributed by atoms with Crippen molar-refractivity contribution in [3.63, 3.8) is 0 Å². The summed E-state index contributed by atoms with van der Waals surface area (Å²) in [7, 11) is 7.50. The average Bonchev–Trinajstić information content (AvgIpc) is 2.58. The molecular weight excluding hydrogens is 326 g/mol. The van der Waals surface area contributed by atoms with E-state index in [-0.39, 0.29) is 5.97 Å². The van der Waals surface area contributed by atoms with Crippen molar-refractivity contribution in [1.29, 1.82) is 0 Å². The molecule has 26 heavy (non-hydrogen) atoms. The summed E-state index contributed by atoms with van der Waals surface area (Å²) in [5.74, 6) is 0.387. The molecule has 0 aliphatic heterocycles. The Balaban J connectivity index is 3.47. The third kappa shape index (κ3) is 15.0. The number of carbonyl (C=O) groups is 1. The van der Waals surface area contributed by atoms with E-state index in [2.05, 4.69) is 12.1 Å². The molecule has 0 rings (SSSR count). The number of hydrogen-bond acceptors (Lipinski definition) is 3. The summed E-state index contributed by atoms with van der Waals surface area (Å²) in [6.45, 7) is 2.27. The Kier molecular flexibility index (Phi) is 16.3. The van der Waals surface area contributed by atoms with Crippen molar-refractivity contribution in [3.8, 4) is 0 Å². The molecule has 0 aliphatic rings. The van der Waals surface area contributed by atoms with Crippen LogP contribution in [0.3, 0.4) is 0 Å². The van der Waals surface area contributed by atoms with Gasteiger partial charge in [0.05, 0.1) is 0 Å². The highest BCUT2D eigenvalue weighted by molar-refractivity contribution is 5.79. The van der Waals surface area contributed by atoms with E-state index in [9.17, 15) is 4.79 Å². The Morgan fingerprint density at radius 2 is 1.08 bits per heavy atom. The van der Waals surface area contributed by atoms with Crippen LogP contribution < -0.4 is 0 Å². The molecule has 0 spiro atoms. The largest absolute Gasteiger partial charge is 0.346 e. The Bertz CT molecular complexity index is 358. The van der Waals surface area contributed by atoms with Gasteiger partial charge >= 0.3 is 5.97 Å². The van der Waals surface area contributed by atoms with Gasteiger partial charge in [0.1, 0.15) is 0 Å². The van der Waals surface area contributed by atoms with Gasteiger partial charge in [-0.2, -0.15) is 0 Å². The van der Waals surface area contributed by atoms with Gasteiger partial charge < -0.3 is 14.6 Å². The summed E-state index contributed by atoms with van der Waals surface area (Å²) in [6.07, 6.45) is 17.4. The normalized spacial score (nSPS) is 10.5. The quantitative estimate of drug-likeness (QED) is 0.127.